The van der Waals surface area contributed by atoms with Crippen LogP contribution in [0.3, 0.4) is 0 Å². The van der Waals surface area contributed by atoms with Gasteiger partial charge in [0.1, 0.15) is 0 Å². The second kappa shape index (κ2) is 6.66. The monoisotopic (exact) mass is 312 g/mol. The van der Waals surface area contributed by atoms with Gasteiger partial charge < -0.3 is 15.4 Å². The van der Waals surface area contributed by atoms with Crippen LogP contribution in [0.1, 0.15) is 62.0 Å². The summed E-state index contributed by atoms with van der Waals surface area (Å²) in [5, 5.41) is 14.9. The maximum Gasteiger partial charge on any atom is 0.0546 e. The number of aromatic nitrogens is 1. The van der Waals surface area contributed by atoms with Crippen LogP contribution in [0.5, 0.6) is 0 Å². The van der Waals surface area contributed by atoms with E-state index in [1.807, 2.05) is 0 Å². The van der Waals surface area contributed by atoms with Crippen molar-refractivity contribution in [1.29, 1.82) is 0 Å². The number of aryl methyl sites for hydroxylation is 1. The van der Waals surface area contributed by atoms with Gasteiger partial charge in [0.2, 0.25) is 0 Å². The maximum absolute atomic E-state index is 9.96. The minimum atomic E-state index is -0.108. The maximum atomic E-state index is 9.96. The standard InChI is InChI=1S/C20H28N2O/c23-18-5-1-3-14(11-18)15-7-9-20-19(12-15)16(13-22-20)6-8-17-4-2-10-21-17/h7,9,12-14,17-18,21-23H,1-6,8,10-11H2. The molecule has 0 amide bonds. The van der Waals surface area contributed by atoms with E-state index < -0.39 is 0 Å². The minimum absolute atomic E-state index is 0.108. The molecule has 1 aliphatic heterocycles. The molecule has 0 bridgehead atoms. The number of aliphatic hydroxyl groups is 1. The summed E-state index contributed by atoms with van der Waals surface area (Å²) in [5.41, 5.74) is 4.11. The molecule has 1 saturated heterocycles. The number of rotatable bonds is 4. The van der Waals surface area contributed by atoms with Crippen molar-refractivity contribution in [3.8, 4) is 0 Å². The van der Waals surface area contributed by atoms with Gasteiger partial charge >= 0.3 is 0 Å². The van der Waals surface area contributed by atoms with Gasteiger partial charge in [0.25, 0.3) is 0 Å². The Morgan fingerprint density at radius 3 is 2.91 bits per heavy atom. The van der Waals surface area contributed by atoms with E-state index in [0.717, 1.165) is 25.7 Å². The molecule has 1 aliphatic carbocycles. The first kappa shape index (κ1) is 15.2. The normalized spacial score (nSPS) is 28.5. The lowest BCUT2D eigenvalue weighted by Crippen LogP contribution is -2.21. The largest absolute Gasteiger partial charge is 0.393 e. The highest BCUT2D eigenvalue weighted by Gasteiger charge is 2.22. The zero-order valence-electron chi connectivity index (χ0n) is 13.9. The summed E-state index contributed by atoms with van der Waals surface area (Å²) in [6.45, 7) is 1.19. The number of aromatic amines is 1. The first-order valence-corrected chi connectivity index (χ1v) is 9.31. The minimum Gasteiger partial charge on any atom is -0.393 e. The second-order valence-electron chi connectivity index (χ2n) is 7.47. The van der Waals surface area contributed by atoms with E-state index in [4.69, 9.17) is 0 Å². The average Bonchev–Trinajstić information content (AvgIpc) is 3.22. The summed E-state index contributed by atoms with van der Waals surface area (Å²) in [7, 11) is 0. The number of hydrogen-bond acceptors (Lipinski definition) is 2. The van der Waals surface area contributed by atoms with Crippen LogP contribution in [0.15, 0.2) is 24.4 Å². The van der Waals surface area contributed by atoms with Crippen molar-refractivity contribution in [3.05, 3.63) is 35.5 Å². The summed E-state index contributed by atoms with van der Waals surface area (Å²) in [5.74, 6) is 0.530. The molecule has 4 rings (SSSR count). The third-order valence-electron chi connectivity index (χ3n) is 5.83. The molecule has 2 aliphatic rings. The van der Waals surface area contributed by atoms with Crippen LogP contribution >= 0.6 is 0 Å². The summed E-state index contributed by atoms with van der Waals surface area (Å²) < 4.78 is 0. The Hall–Kier alpha value is -1.32. The van der Waals surface area contributed by atoms with Crippen LogP contribution in [-0.2, 0) is 6.42 Å². The van der Waals surface area contributed by atoms with E-state index in [-0.39, 0.29) is 6.10 Å². The third kappa shape index (κ3) is 3.31. The van der Waals surface area contributed by atoms with E-state index in [0.29, 0.717) is 12.0 Å². The number of aliphatic hydroxyl groups excluding tert-OH is 1. The van der Waals surface area contributed by atoms with Crippen LogP contribution in [0.2, 0.25) is 0 Å². The van der Waals surface area contributed by atoms with E-state index in [1.54, 1.807) is 0 Å². The average molecular weight is 312 g/mol. The van der Waals surface area contributed by atoms with Gasteiger partial charge in [0.05, 0.1) is 6.10 Å². The Bertz CT molecular complexity index is 657. The smallest absolute Gasteiger partial charge is 0.0546 e. The molecule has 3 heteroatoms. The summed E-state index contributed by atoms with van der Waals surface area (Å²) in [6, 6.07) is 7.57. The molecule has 3 N–H and O–H groups in total. The third-order valence-corrected chi connectivity index (χ3v) is 5.83. The summed E-state index contributed by atoms with van der Waals surface area (Å²) in [6.07, 6.45) is 11.4. The number of nitrogens with one attached hydrogen (secondary N) is 2. The fourth-order valence-electron chi connectivity index (χ4n) is 4.46. The van der Waals surface area contributed by atoms with Crippen LogP contribution in [0.4, 0.5) is 0 Å². The van der Waals surface area contributed by atoms with E-state index in [1.165, 1.54) is 54.3 Å². The molecule has 0 radical (unpaired) electrons. The SMILES string of the molecule is OC1CCCC(c2ccc3[nH]cc(CCC4CCCN4)c3c2)C1. The van der Waals surface area contributed by atoms with Crippen molar-refractivity contribution in [2.45, 2.75) is 69.4 Å². The lowest BCUT2D eigenvalue weighted by atomic mass is 9.82. The first-order chi connectivity index (χ1) is 11.3. The van der Waals surface area contributed by atoms with Gasteiger partial charge in [-0.3, -0.25) is 0 Å². The van der Waals surface area contributed by atoms with E-state index in [2.05, 4.69) is 34.7 Å². The highest BCUT2D eigenvalue weighted by Crippen LogP contribution is 2.35. The van der Waals surface area contributed by atoms with Gasteiger partial charge in [-0.25, -0.2) is 0 Å². The topological polar surface area (TPSA) is 48.0 Å². The fourth-order valence-corrected chi connectivity index (χ4v) is 4.46. The molecule has 2 fully saturated rings. The van der Waals surface area contributed by atoms with Gasteiger partial charge in [-0.15, -0.1) is 0 Å². The molecule has 2 aromatic rings. The molecule has 3 nitrogen and oxygen atoms in total. The Kier molecular flexibility index (Phi) is 4.41. The molecular weight excluding hydrogens is 284 g/mol. The predicted octanol–water partition coefficient (Wildman–Crippen LogP) is 3.87. The lowest BCUT2D eigenvalue weighted by Gasteiger charge is -2.26. The van der Waals surface area contributed by atoms with Crippen LogP contribution in [0, 0.1) is 0 Å². The van der Waals surface area contributed by atoms with Gasteiger partial charge in [0.15, 0.2) is 0 Å². The van der Waals surface area contributed by atoms with Crippen molar-refractivity contribution < 1.29 is 5.11 Å². The van der Waals surface area contributed by atoms with Crippen LogP contribution < -0.4 is 5.32 Å². The quantitative estimate of drug-likeness (QED) is 0.802. The fraction of sp³-hybridized carbons (Fsp3) is 0.600. The van der Waals surface area contributed by atoms with Crippen molar-refractivity contribution in [3.63, 3.8) is 0 Å². The van der Waals surface area contributed by atoms with Crippen molar-refractivity contribution in [2.24, 2.45) is 0 Å². The van der Waals surface area contributed by atoms with Crippen molar-refractivity contribution in [2.75, 3.05) is 6.54 Å². The Morgan fingerprint density at radius 1 is 1.13 bits per heavy atom. The van der Waals surface area contributed by atoms with E-state index >= 15 is 0 Å². The van der Waals surface area contributed by atoms with E-state index in [9.17, 15) is 5.11 Å². The zero-order chi connectivity index (χ0) is 15.6. The summed E-state index contributed by atoms with van der Waals surface area (Å²) in [4.78, 5) is 3.43. The van der Waals surface area contributed by atoms with Gasteiger partial charge in [-0.2, -0.15) is 0 Å². The Morgan fingerprint density at radius 2 is 2.09 bits per heavy atom. The Balaban J connectivity index is 1.53. The second-order valence-corrected chi connectivity index (χ2v) is 7.47. The summed E-state index contributed by atoms with van der Waals surface area (Å²) >= 11 is 0. The molecule has 1 saturated carbocycles. The van der Waals surface area contributed by atoms with Crippen LogP contribution in [-0.4, -0.2) is 28.8 Å². The highest BCUT2D eigenvalue weighted by atomic mass is 16.3. The van der Waals surface area contributed by atoms with Gasteiger partial charge in [-0.05, 0) is 80.7 Å². The van der Waals surface area contributed by atoms with Gasteiger partial charge in [-0.1, -0.05) is 12.5 Å². The highest BCUT2D eigenvalue weighted by molar-refractivity contribution is 5.84. The zero-order valence-corrected chi connectivity index (χ0v) is 13.9. The molecule has 3 unspecified atom stereocenters. The number of hydrogen-bond donors (Lipinski definition) is 3. The van der Waals surface area contributed by atoms with Crippen molar-refractivity contribution in [1.82, 2.24) is 10.3 Å². The molecular formula is C20H28N2O. The molecule has 124 valence electrons. The molecule has 0 spiro atoms. The lowest BCUT2D eigenvalue weighted by molar-refractivity contribution is 0.119. The Labute approximate surface area is 138 Å². The number of fused-ring (bicyclic) bond motifs is 1. The van der Waals surface area contributed by atoms with Crippen molar-refractivity contribution >= 4 is 10.9 Å². The molecule has 3 atom stereocenters. The number of H-pyrrole nitrogens is 1. The molecule has 2 heterocycles. The van der Waals surface area contributed by atoms with Gasteiger partial charge in [0, 0.05) is 23.1 Å². The molecule has 1 aromatic heterocycles. The predicted molar refractivity (Wildman–Crippen MR) is 94.9 cm³/mol. The molecule has 23 heavy (non-hydrogen) atoms. The number of benzene rings is 1. The van der Waals surface area contributed by atoms with Crippen LogP contribution in [0.25, 0.3) is 10.9 Å². The first-order valence-electron chi connectivity index (χ1n) is 9.31. The molecule has 1 aromatic carbocycles.